The van der Waals surface area contributed by atoms with Crippen molar-refractivity contribution < 1.29 is 18.0 Å². The van der Waals surface area contributed by atoms with Crippen LogP contribution in [0.5, 0.6) is 0 Å². The zero-order valence-corrected chi connectivity index (χ0v) is 14.2. The molecule has 0 aromatic heterocycles. The molecule has 1 aromatic carbocycles. The summed E-state index contributed by atoms with van der Waals surface area (Å²) in [6, 6.07) is 4.04. The van der Waals surface area contributed by atoms with Gasteiger partial charge in [0.25, 0.3) is 0 Å². The van der Waals surface area contributed by atoms with Crippen LogP contribution in [0.4, 0.5) is 18.9 Å². The summed E-state index contributed by atoms with van der Waals surface area (Å²) in [4.78, 5) is 12.5. The van der Waals surface area contributed by atoms with Gasteiger partial charge in [0.2, 0.25) is 0 Å². The molecule has 0 spiro atoms. The van der Waals surface area contributed by atoms with Crippen molar-refractivity contribution in [1.82, 2.24) is 4.48 Å². The third-order valence-corrected chi connectivity index (χ3v) is 7.61. The average Bonchev–Trinajstić information content (AvgIpc) is 2.92. The number of rotatable bonds is 2. The molecule has 134 valence electrons. The molecule has 0 saturated heterocycles. The minimum Gasteiger partial charge on any atom is -0.233 e. The van der Waals surface area contributed by atoms with E-state index in [9.17, 15) is 18.0 Å². The molecular formula is C20H23F3NO+. The van der Waals surface area contributed by atoms with Crippen molar-refractivity contribution in [3.63, 3.8) is 0 Å². The number of carbonyl (C=O) groups is 1. The van der Waals surface area contributed by atoms with E-state index in [-0.39, 0.29) is 10.0 Å². The number of alkyl halides is 3. The highest BCUT2D eigenvalue weighted by molar-refractivity contribution is 5.77. The number of hydrogen-bond donors (Lipinski definition) is 0. The number of nitrogens with zero attached hydrogens (tertiary/aromatic N) is 1. The van der Waals surface area contributed by atoms with Crippen LogP contribution in [0.25, 0.3) is 0 Å². The van der Waals surface area contributed by atoms with Gasteiger partial charge in [-0.1, -0.05) is 6.07 Å². The fourth-order valence-electron chi connectivity index (χ4n) is 7.01. The number of carbonyl (C=O) groups excluding carboxylic acids is 1. The zero-order valence-electron chi connectivity index (χ0n) is 14.2. The Kier molecular flexibility index (Phi) is 3.09. The summed E-state index contributed by atoms with van der Waals surface area (Å²) in [5.41, 5.74) is 0.774. The van der Waals surface area contributed by atoms with Gasteiger partial charge in [0.05, 0.1) is 12.1 Å². The molecule has 6 rings (SSSR count). The Bertz CT molecular complexity index is 706. The highest BCUT2D eigenvalue weighted by atomic mass is 19.4. The van der Waals surface area contributed by atoms with E-state index in [1.807, 2.05) is 0 Å². The van der Waals surface area contributed by atoms with Crippen LogP contribution in [0, 0.1) is 17.8 Å². The van der Waals surface area contributed by atoms with Crippen LogP contribution < -0.4 is 4.48 Å². The Balaban J connectivity index is 1.65. The molecule has 1 amide bonds. The first-order chi connectivity index (χ1) is 11.9. The van der Waals surface area contributed by atoms with Crippen molar-refractivity contribution in [2.45, 2.75) is 56.7 Å². The van der Waals surface area contributed by atoms with Gasteiger partial charge in [-0.2, -0.15) is 13.2 Å². The molecule has 4 fully saturated rings. The van der Waals surface area contributed by atoms with Crippen LogP contribution in [0.15, 0.2) is 18.2 Å². The van der Waals surface area contributed by atoms with Crippen LogP contribution >= 0.6 is 0 Å². The molecule has 1 aromatic rings. The van der Waals surface area contributed by atoms with Gasteiger partial charge < -0.3 is 0 Å². The molecule has 0 radical (unpaired) electrons. The average molecular weight is 350 g/mol. The van der Waals surface area contributed by atoms with E-state index in [0.717, 1.165) is 31.2 Å². The van der Waals surface area contributed by atoms with Gasteiger partial charge in [0.15, 0.2) is 0 Å². The molecule has 1 heterocycles. The van der Waals surface area contributed by atoms with Gasteiger partial charge in [-0.3, -0.25) is 0 Å². The quantitative estimate of drug-likeness (QED) is 0.558. The fourth-order valence-corrected chi connectivity index (χ4v) is 7.01. The summed E-state index contributed by atoms with van der Waals surface area (Å²) in [7, 11) is 0. The Morgan fingerprint density at radius 1 is 1.04 bits per heavy atom. The smallest absolute Gasteiger partial charge is 0.233 e. The first kappa shape index (κ1) is 15.9. The lowest BCUT2D eigenvalue weighted by Gasteiger charge is -2.60. The van der Waals surface area contributed by atoms with Gasteiger partial charge >= 0.3 is 12.6 Å². The SMILES string of the molecule is O=C[N+]1(C23CC4CC(CC(C4)C2)C3)CCc2ccc(C(F)(F)F)cc21. The van der Waals surface area contributed by atoms with Crippen molar-refractivity contribution in [3.05, 3.63) is 29.3 Å². The molecule has 0 N–H and O–H groups in total. The highest BCUT2D eigenvalue weighted by Crippen LogP contribution is 2.61. The largest absolute Gasteiger partial charge is 0.416 e. The van der Waals surface area contributed by atoms with Crippen LogP contribution in [0.1, 0.15) is 49.7 Å². The number of amides is 1. The van der Waals surface area contributed by atoms with Crippen LogP contribution in [0.3, 0.4) is 0 Å². The van der Waals surface area contributed by atoms with Crippen molar-refractivity contribution in [2.24, 2.45) is 17.8 Å². The lowest BCUT2D eigenvalue weighted by atomic mass is 9.52. The maximum Gasteiger partial charge on any atom is 0.416 e. The summed E-state index contributed by atoms with van der Waals surface area (Å²) in [5.74, 6) is 1.99. The zero-order chi connectivity index (χ0) is 17.4. The predicted octanol–water partition coefficient (Wildman–Crippen LogP) is 4.69. The summed E-state index contributed by atoms with van der Waals surface area (Å²) >= 11 is 0. The van der Waals surface area contributed by atoms with E-state index >= 15 is 0 Å². The van der Waals surface area contributed by atoms with E-state index in [1.54, 1.807) is 6.07 Å². The van der Waals surface area contributed by atoms with Gasteiger partial charge in [-0.25, -0.2) is 9.28 Å². The lowest BCUT2D eigenvalue weighted by molar-refractivity contribution is -0.139. The minimum absolute atomic E-state index is 0.149. The molecule has 5 heteroatoms. The molecule has 5 aliphatic rings. The van der Waals surface area contributed by atoms with Crippen LogP contribution in [-0.2, 0) is 17.4 Å². The first-order valence-corrected chi connectivity index (χ1v) is 9.40. The molecule has 1 unspecified atom stereocenters. The molecule has 1 aliphatic heterocycles. The van der Waals surface area contributed by atoms with Crippen molar-refractivity contribution in [3.8, 4) is 0 Å². The molecule has 4 aliphatic carbocycles. The monoisotopic (exact) mass is 350 g/mol. The molecule has 4 bridgehead atoms. The predicted molar refractivity (Wildman–Crippen MR) is 88.8 cm³/mol. The molecular weight excluding hydrogens is 327 g/mol. The van der Waals surface area contributed by atoms with E-state index in [2.05, 4.69) is 0 Å². The van der Waals surface area contributed by atoms with E-state index < -0.39 is 11.7 Å². The third kappa shape index (κ3) is 2.05. The van der Waals surface area contributed by atoms with Crippen molar-refractivity contribution in [1.29, 1.82) is 0 Å². The summed E-state index contributed by atoms with van der Waals surface area (Å²) in [5, 5.41) is 0. The molecule has 4 saturated carbocycles. The molecule has 2 nitrogen and oxygen atoms in total. The number of fused-ring (bicyclic) bond motifs is 1. The van der Waals surface area contributed by atoms with Gasteiger partial charge in [0, 0.05) is 37.3 Å². The Morgan fingerprint density at radius 2 is 1.64 bits per heavy atom. The summed E-state index contributed by atoms with van der Waals surface area (Å²) < 4.78 is 40.0. The molecule has 1 atom stereocenters. The second-order valence-electron chi connectivity index (χ2n) is 8.93. The summed E-state index contributed by atoms with van der Waals surface area (Å²) in [6.45, 7) is 0.631. The minimum atomic E-state index is -4.36. The maximum absolute atomic E-state index is 13.3. The summed E-state index contributed by atoms with van der Waals surface area (Å²) in [6.07, 6.45) is 4.12. The van der Waals surface area contributed by atoms with Gasteiger partial charge in [-0.05, 0) is 43.1 Å². The second kappa shape index (κ2) is 4.87. The maximum atomic E-state index is 13.3. The Hall–Kier alpha value is -1.36. The first-order valence-electron chi connectivity index (χ1n) is 9.40. The van der Waals surface area contributed by atoms with Crippen molar-refractivity contribution >= 4 is 12.1 Å². The number of halogens is 3. The van der Waals surface area contributed by atoms with Gasteiger partial charge in [0.1, 0.15) is 11.2 Å². The Morgan fingerprint density at radius 3 is 2.16 bits per heavy atom. The third-order valence-electron chi connectivity index (χ3n) is 7.61. The number of benzene rings is 1. The fraction of sp³-hybridized carbons (Fsp3) is 0.650. The Labute approximate surface area is 145 Å². The van der Waals surface area contributed by atoms with Crippen molar-refractivity contribution in [2.75, 3.05) is 6.54 Å². The number of hydrogen-bond acceptors (Lipinski definition) is 1. The van der Waals surface area contributed by atoms with Crippen LogP contribution in [0.2, 0.25) is 0 Å². The molecule has 25 heavy (non-hydrogen) atoms. The topological polar surface area (TPSA) is 17.1 Å². The number of quaternary nitrogens is 1. The van der Waals surface area contributed by atoms with E-state index in [0.29, 0.717) is 36.4 Å². The van der Waals surface area contributed by atoms with E-state index in [4.69, 9.17) is 0 Å². The van der Waals surface area contributed by atoms with Crippen LogP contribution in [-0.4, -0.2) is 18.5 Å². The highest BCUT2D eigenvalue weighted by Gasteiger charge is 2.64. The van der Waals surface area contributed by atoms with E-state index in [1.165, 1.54) is 31.4 Å². The standard InChI is InChI=1S/C20H23F3NO/c21-20(22,23)17-2-1-16-3-4-24(12-25,18(16)8-17)19-9-13-5-14(10-19)7-15(6-13)11-19/h1-2,8,12-15H,3-7,9-11H2/q+1. The normalized spacial score (nSPS) is 41.8. The lowest BCUT2D eigenvalue weighted by Crippen LogP contribution is -2.70. The second-order valence-corrected chi connectivity index (χ2v) is 8.93. The van der Waals surface area contributed by atoms with Gasteiger partial charge in [-0.15, -0.1) is 0 Å².